The molecule has 6 heteroatoms. The predicted octanol–water partition coefficient (Wildman–Crippen LogP) is 1.66. The fourth-order valence-electron chi connectivity index (χ4n) is 2.33. The molecular weight excluding hydrogens is 308 g/mol. The number of carbonyl (C=O) groups is 1. The van der Waals surface area contributed by atoms with E-state index in [1.54, 1.807) is 0 Å². The molecule has 1 aliphatic heterocycles. The minimum absolute atomic E-state index is 0. The molecule has 21 heavy (non-hydrogen) atoms. The number of nitrogens with one attached hydrogen (secondary N) is 2. The summed E-state index contributed by atoms with van der Waals surface area (Å²) in [5, 5.41) is 16.3. The molecule has 4 nitrogen and oxygen atoms in total. The third-order valence-corrected chi connectivity index (χ3v) is 4.60. The molecule has 0 saturated carbocycles. The van der Waals surface area contributed by atoms with Gasteiger partial charge in [0.1, 0.15) is 0 Å². The fraction of sp³-hybridized carbons (Fsp3) is 0.533. The lowest BCUT2D eigenvalue weighted by atomic mass is 10.0. The van der Waals surface area contributed by atoms with E-state index in [0.29, 0.717) is 6.42 Å². The van der Waals surface area contributed by atoms with Gasteiger partial charge in [-0.05, 0) is 18.1 Å². The zero-order chi connectivity index (χ0) is 14.4. The number of halogens is 1. The average molecular weight is 331 g/mol. The molecule has 1 aliphatic rings. The van der Waals surface area contributed by atoms with Gasteiger partial charge in [-0.2, -0.15) is 11.8 Å². The van der Waals surface area contributed by atoms with Crippen LogP contribution in [-0.4, -0.2) is 41.7 Å². The van der Waals surface area contributed by atoms with Gasteiger partial charge in [0.25, 0.3) is 0 Å². The number of aryl methyl sites for hydroxylation is 1. The zero-order valence-electron chi connectivity index (χ0n) is 12.2. The second-order valence-electron chi connectivity index (χ2n) is 5.11. The van der Waals surface area contributed by atoms with Crippen LogP contribution >= 0.6 is 24.2 Å². The molecule has 1 heterocycles. The molecule has 0 spiro atoms. The minimum Gasteiger partial charge on any atom is -0.387 e. The van der Waals surface area contributed by atoms with Crippen molar-refractivity contribution in [3.05, 3.63) is 35.4 Å². The number of aliphatic hydroxyl groups is 1. The van der Waals surface area contributed by atoms with E-state index in [1.807, 2.05) is 43.0 Å². The Labute approximate surface area is 136 Å². The molecule has 0 aromatic heterocycles. The first-order valence-electron chi connectivity index (χ1n) is 6.98. The largest absolute Gasteiger partial charge is 0.387 e. The minimum atomic E-state index is -0.645. The summed E-state index contributed by atoms with van der Waals surface area (Å²) in [6.45, 7) is 3.20. The van der Waals surface area contributed by atoms with Gasteiger partial charge in [0, 0.05) is 37.1 Å². The lowest BCUT2D eigenvalue weighted by Gasteiger charge is -2.23. The number of amides is 1. The molecule has 1 saturated heterocycles. The average Bonchev–Trinajstić information content (AvgIpc) is 2.46. The summed E-state index contributed by atoms with van der Waals surface area (Å²) in [7, 11) is 0. The van der Waals surface area contributed by atoms with Crippen molar-refractivity contribution < 1.29 is 9.90 Å². The van der Waals surface area contributed by atoms with Crippen LogP contribution in [0.2, 0.25) is 0 Å². The number of hydrogen-bond acceptors (Lipinski definition) is 4. The summed E-state index contributed by atoms with van der Waals surface area (Å²) in [6, 6.07) is 7.95. The molecule has 118 valence electrons. The summed E-state index contributed by atoms with van der Waals surface area (Å²) in [6.07, 6.45) is -0.165. The van der Waals surface area contributed by atoms with Crippen LogP contribution in [0.5, 0.6) is 0 Å². The molecule has 0 aliphatic carbocycles. The van der Waals surface area contributed by atoms with E-state index in [2.05, 4.69) is 10.6 Å². The highest BCUT2D eigenvalue weighted by molar-refractivity contribution is 7.99. The van der Waals surface area contributed by atoms with Crippen molar-refractivity contribution in [2.24, 2.45) is 0 Å². The van der Waals surface area contributed by atoms with Crippen LogP contribution in [0.1, 0.15) is 23.7 Å². The number of carbonyl (C=O) groups excluding carboxylic acids is 1. The molecule has 3 N–H and O–H groups in total. The highest BCUT2D eigenvalue weighted by atomic mass is 35.5. The maximum Gasteiger partial charge on any atom is 0.221 e. The molecule has 1 aromatic rings. The Bertz CT molecular complexity index is 453. The third kappa shape index (κ3) is 5.87. The zero-order valence-corrected chi connectivity index (χ0v) is 13.8. The van der Waals surface area contributed by atoms with Crippen molar-refractivity contribution in [2.75, 3.05) is 24.6 Å². The molecular formula is C15H23ClN2O2S. The Morgan fingerprint density at radius 2 is 2.29 bits per heavy atom. The van der Waals surface area contributed by atoms with Crippen molar-refractivity contribution in [3.8, 4) is 0 Å². The van der Waals surface area contributed by atoms with Gasteiger partial charge in [0.05, 0.1) is 6.10 Å². The lowest BCUT2D eigenvalue weighted by molar-refractivity contribution is -0.121. The van der Waals surface area contributed by atoms with Crippen LogP contribution in [0.4, 0.5) is 0 Å². The summed E-state index contributed by atoms with van der Waals surface area (Å²) in [5.74, 6) is 2.09. The van der Waals surface area contributed by atoms with E-state index in [1.165, 1.54) is 0 Å². The van der Waals surface area contributed by atoms with Crippen molar-refractivity contribution >= 4 is 30.1 Å². The number of benzene rings is 1. The van der Waals surface area contributed by atoms with Crippen LogP contribution < -0.4 is 10.6 Å². The maximum absolute atomic E-state index is 11.9. The number of hydrogen-bond donors (Lipinski definition) is 3. The summed E-state index contributed by atoms with van der Waals surface area (Å²) in [4.78, 5) is 11.9. The van der Waals surface area contributed by atoms with Gasteiger partial charge in [-0.3, -0.25) is 4.79 Å². The topological polar surface area (TPSA) is 61.4 Å². The van der Waals surface area contributed by atoms with Gasteiger partial charge in [-0.25, -0.2) is 0 Å². The van der Waals surface area contributed by atoms with Crippen molar-refractivity contribution in [1.82, 2.24) is 10.6 Å². The Hall–Kier alpha value is -0.750. The monoisotopic (exact) mass is 330 g/mol. The highest BCUT2D eigenvalue weighted by Crippen LogP contribution is 2.16. The third-order valence-electron chi connectivity index (χ3n) is 3.47. The van der Waals surface area contributed by atoms with E-state index in [0.717, 1.165) is 29.2 Å². The van der Waals surface area contributed by atoms with E-state index in [4.69, 9.17) is 0 Å². The molecule has 0 radical (unpaired) electrons. The molecule has 1 fully saturated rings. The maximum atomic E-state index is 11.9. The first-order chi connectivity index (χ1) is 9.66. The molecule has 0 bridgehead atoms. The molecule has 1 aromatic carbocycles. The Balaban J connectivity index is 0.00000220. The van der Waals surface area contributed by atoms with Gasteiger partial charge in [-0.1, -0.05) is 24.3 Å². The number of rotatable bonds is 5. The normalized spacial score (nSPS) is 19.4. The van der Waals surface area contributed by atoms with E-state index in [9.17, 15) is 9.90 Å². The molecule has 2 unspecified atom stereocenters. The van der Waals surface area contributed by atoms with Gasteiger partial charge in [-0.15, -0.1) is 12.4 Å². The van der Waals surface area contributed by atoms with Crippen LogP contribution in [-0.2, 0) is 4.79 Å². The highest BCUT2D eigenvalue weighted by Gasteiger charge is 2.17. The van der Waals surface area contributed by atoms with Gasteiger partial charge in [0.2, 0.25) is 5.91 Å². The van der Waals surface area contributed by atoms with E-state index < -0.39 is 6.10 Å². The van der Waals surface area contributed by atoms with E-state index >= 15 is 0 Å². The molecule has 2 atom stereocenters. The molecule has 2 rings (SSSR count). The van der Waals surface area contributed by atoms with E-state index in [-0.39, 0.29) is 30.9 Å². The standard InChI is InChI=1S/C15H22N2O2S.ClH/c1-11-4-2-3-5-13(11)14(18)9-17-15(19)8-12-10-20-7-6-16-12;/h2-5,12,14,16,18H,6-10H2,1H3,(H,17,19);1H. The van der Waals surface area contributed by atoms with Crippen LogP contribution in [0.15, 0.2) is 24.3 Å². The number of aliphatic hydroxyl groups excluding tert-OH is 1. The fourth-order valence-corrected chi connectivity index (χ4v) is 3.28. The summed E-state index contributed by atoms with van der Waals surface area (Å²) in [5.41, 5.74) is 1.92. The van der Waals surface area contributed by atoms with Gasteiger partial charge in [0.15, 0.2) is 0 Å². The van der Waals surface area contributed by atoms with Crippen molar-refractivity contribution in [1.29, 1.82) is 0 Å². The second kappa shape index (κ2) is 9.30. The summed E-state index contributed by atoms with van der Waals surface area (Å²) >= 11 is 1.88. The van der Waals surface area contributed by atoms with Crippen LogP contribution in [0.3, 0.4) is 0 Å². The van der Waals surface area contributed by atoms with Gasteiger partial charge < -0.3 is 15.7 Å². The van der Waals surface area contributed by atoms with Crippen LogP contribution in [0.25, 0.3) is 0 Å². The Morgan fingerprint density at radius 1 is 1.52 bits per heavy atom. The smallest absolute Gasteiger partial charge is 0.221 e. The summed E-state index contributed by atoms with van der Waals surface area (Å²) < 4.78 is 0. The SMILES string of the molecule is Cc1ccccc1C(O)CNC(=O)CC1CSCCN1.Cl. The van der Waals surface area contributed by atoms with Gasteiger partial charge >= 0.3 is 0 Å². The molecule has 1 amide bonds. The Kier molecular flexibility index (Phi) is 8.11. The first-order valence-corrected chi connectivity index (χ1v) is 8.13. The Morgan fingerprint density at radius 3 is 2.95 bits per heavy atom. The quantitative estimate of drug-likeness (QED) is 0.768. The first kappa shape index (κ1) is 18.3. The number of thioether (sulfide) groups is 1. The predicted molar refractivity (Wildman–Crippen MR) is 90.1 cm³/mol. The van der Waals surface area contributed by atoms with Crippen molar-refractivity contribution in [3.63, 3.8) is 0 Å². The lowest BCUT2D eigenvalue weighted by Crippen LogP contribution is -2.41. The second-order valence-corrected chi connectivity index (χ2v) is 6.26. The van der Waals surface area contributed by atoms with Crippen molar-refractivity contribution in [2.45, 2.75) is 25.5 Å². The van der Waals surface area contributed by atoms with Crippen LogP contribution in [0, 0.1) is 6.92 Å².